The molecule has 1 rings (SSSR count). The number of hydrogen-bond acceptors (Lipinski definition) is 5. The number of benzene rings is 1. The highest BCUT2D eigenvalue weighted by Crippen LogP contribution is 2.24. The van der Waals surface area contributed by atoms with Gasteiger partial charge in [-0.1, -0.05) is 11.2 Å². The molecule has 1 aromatic rings. The highest BCUT2D eigenvalue weighted by molar-refractivity contribution is 7.86. The minimum atomic E-state index is -4.87. The van der Waals surface area contributed by atoms with Gasteiger partial charge >= 0.3 is 16.3 Å². The maximum atomic E-state index is 13.0. The second-order valence-electron chi connectivity index (χ2n) is 4.31. The van der Waals surface area contributed by atoms with E-state index in [1.807, 2.05) is 0 Å². The van der Waals surface area contributed by atoms with Crippen molar-refractivity contribution in [3.8, 4) is 5.75 Å². The first-order valence-corrected chi connectivity index (χ1v) is 8.18. The average Bonchev–Trinajstić information content (AvgIpc) is 2.46. The zero-order valence-corrected chi connectivity index (χ0v) is 13.2. The molecule has 128 valence electrons. The van der Waals surface area contributed by atoms with E-state index in [1.54, 1.807) is 6.92 Å². The first-order chi connectivity index (χ1) is 10.7. The Morgan fingerprint density at radius 1 is 1.30 bits per heavy atom. The van der Waals surface area contributed by atoms with Gasteiger partial charge in [0.25, 0.3) is 0 Å². The third kappa shape index (κ3) is 6.31. The van der Waals surface area contributed by atoms with E-state index in [-0.39, 0.29) is 12.0 Å². The largest absolute Gasteiger partial charge is 0.494 e. The van der Waals surface area contributed by atoms with Crippen LogP contribution in [0.5, 0.6) is 5.75 Å². The molecule has 0 radical (unpaired) electrons. The fourth-order valence-corrected chi connectivity index (χ4v) is 2.22. The van der Waals surface area contributed by atoms with Crippen molar-refractivity contribution in [2.24, 2.45) is 5.16 Å². The molecule has 0 atom stereocenters. The number of alkyl halides is 3. The van der Waals surface area contributed by atoms with E-state index in [0.29, 0.717) is 12.4 Å². The molecule has 0 N–H and O–H groups in total. The third-order valence-electron chi connectivity index (χ3n) is 2.52. The van der Waals surface area contributed by atoms with E-state index in [2.05, 4.69) is 16.0 Å². The SMILES string of the molecule is C=CCCS(=O)(=O)O/N=C(\c1ccc(OCC)cc1)C(F)(F)F. The normalized spacial score (nSPS) is 12.8. The first-order valence-electron chi connectivity index (χ1n) is 6.60. The van der Waals surface area contributed by atoms with Crippen LogP contribution in [0.25, 0.3) is 0 Å². The molecule has 0 aliphatic heterocycles. The van der Waals surface area contributed by atoms with Crippen molar-refractivity contribution in [3.63, 3.8) is 0 Å². The summed E-state index contributed by atoms with van der Waals surface area (Å²) in [5.74, 6) is -0.119. The highest BCUT2D eigenvalue weighted by Gasteiger charge is 2.38. The summed E-state index contributed by atoms with van der Waals surface area (Å²) in [5, 5.41) is 2.79. The van der Waals surface area contributed by atoms with Crippen LogP contribution in [-0.4, -0.2) is 32.7 Å². The molecular weight excluding hydrogens is 335 g/mol. The molecular formula is C14H16F3NO4S. The quantitative estimate of drug-likeness (QED) is 0.410. The van der Waals surface area contributed by atoms with Crippen molar-refractivity contribution >= 4 is 15.8 Å². The summed E-state index contributed by atoms with van der Waals surface area (Å²) in [5.41, 5.74) is -1.78. The topological polar surface area (TPSA) is 65.0 Å². The molecule has 0 aliphatic carbocycles. The molecule has 0 fully saturated rings. The molecule has 0 bridgehead atoms. The number of hydrogen-bond donors (Lipinski definition) is 0. The molecule has 0 aliphatic rings. The van der Waals surface area contributed by atoms with Crippen LogP contribution < -0.4 is 4.74 Å². The van der Waals surface area contributed by atoms with Crippen LogP contribution in [0.4, 0.5) is 13.2 Å². The molecule has 0 spiro atoms. The van der Waals surface area contributed by atoms with Crippen molar-refractivity contribution in [2.75, 3.05) is 12.4 Å². The van der Waals surface area contributed by atoms with Gasteiger partial charge in [0.1, 0.15) is 5.75 Å². The minimum absolute atomic E-state index is 0.0439. The second-order valence-corrected chi connectivity index (χ2v) is 5.98. The van der Waals surface area contributed by atoms with Crippen molar-refractivity contribution in [3.05, 3.63) is 42.5 Å². The van der Waals surface area contributed by atoms with Gasteiger partial charge in [0.2, 0.25) is 0 Å². The van der Waals surface area contributed by atoms with Crippen LogP contribution in [-0.2, 0) is 14.4 Å². The molecule has 0 saturated carbocycles. The Labute approximate surface area is 132 Å². The summed E-state index contributed by atoms with van der Waals surface area (Å²) in [6.07, 6.45) is -3.52. The van der Waals surface area contributed by atoms with E-state index in [0.717, 1.165) is 12.1 Å². The standard InChI is InChI=1S/C14H16F3NO4S/c1-3-5-10-23(19,20)22-18-13(14(15,16)17)11-6-8-12(9-7-11)21-4-2/h3,6-9H,1,4-5,10H2,2H3/b18-13+. The number of rotatable bonds is 8. The zero-order valence-electron chi connectivity index (χ0n) is 12.3. The summed E-state index contributed by atoms with van der Waals surface area (Å²) in [6.45, 7) is 5.42. The fraction of sp³-hybridized carbons (Fsp3) is 0.357. The summed E-state index contributed by atoms with van der Waals surface area (Å²) in [7, 11) is -4.21. The third-order valence-corrected chi connectivity index (χ3v) is 3.56. The molecule has 1 aromatic carbocycles. The number of nitrogens with zero attached hydrogens (tertiary/aromatic N) is 1. The molecule has 0 unspecified atom stereocenters. The molecule has 0 amide bonds. The fourth-order valence-electron chi connectivity index (χ4n) is 1.50. The lowest BCUT2D eigenvalue weighted by Crippen LogP contribution is -2.25. The van der Waals surface area contributed by atoms with Crippen LogP contribution >= 0.6 is 0 Å². The molecule has 0 aromatic heterocycles. The van der Waals surface area contributed by atoms with Crippen molar-refractivity contribution in [1.29, 1.82) is 0 Å². The molecule has 23 heavy (non-hydrogen) atoms. The molecule has 0 saturated heterocycles. The average molecular weight is 351 g/mol. The predicted molar refractivity (Wildman–Crippen MR) is 79.9 cm³/mol. The Bertz CT molecular complexity index is 652. The van der Waals surface area contributed by atoms with Crippen molar-refractivity contribution in [1.82, 2.24) is 0 Å². The van der Waals surface area contributed by atoms with Gasteiger partial charge in [-0.15, -0.1) is 6.58 Å². The monoisotopic (exact) mass is 351 g/mol. The van der Waals surface area contributed by atoms with E-state index in [4.69, 9.17) is 4.74 Å². The number of ether oxygens (including phenoxy) is 1. The summed E-state index contributed by atoms with van der Waals surface area (Å²) < 4.78 is 71.2. The summed E-state index contributed by atoms with van der Waals surface area (Å²) in [4.78, 5) is 0. The highest BCUT2D eigenvalue weighted by atomic mass is 32.2. The lowest BCUT2D eigenvalue weighted by Gasteiger charge is -2.11. The first kappa shape index (κ1) is 19.0. The van der Waals surface area contributed by atoms with Crippen molar-refractivity contribution < 1.29 is 30.6 Å². The van der Waals surface area contributed by atoms with Gasteiger partial charge in [0.05, 0.1) is 12.4 Å². The van der Waals surface area contributed by atoms with Crippen LogP contribution in [0.1, 0.15) is 18.9 Å². The Kier molecular flexibility index (Phi) is 6.62. The maximum absolute atomic E-state index is 13.0. The van der Waals surface area contributed by atoms with E-state index in [1.165, 1.54) is 18.2 Å². The van der Waals surface area contributed by atoms with Gasteiger partial charge in [-0.25, -0.2) is 0 Å². The summed E-state index contributed by atoms with van der Waals surface area (Å²) >= 11 is 0. The lowest BCUT2D eigenvalue weighted by atomic mass is 10.1. The Hall–Kier alpha value is -2.03. The number of halogens is 3. The predicted octanol–water partition coefficient (Wildman–Crippen LogP) is 3.27. The number of oxime groups is 1. The van der Waals surface area contributed by atoms with Crippen LogP contribution in [0.2, 0.25) is 0 Å². The van der Waals surface area contributed by atoms with Crippen LogP contribution in [0.3, 0.4) is 0 Å². The Morgan fingerprint density at radius 2 is 1.91 bits per heavy atom. The maximum Gasteiger partial charge on any atom is 0.437 e. The van der Waals surface area contributed by atoms with Gasteiger partial charge in [0.15, 0.2) is 5.71 Å². The molecule has 9 heteroatoms. The van der Waals surface area contributed by atoms with Crippen LogP contribution in [0, 0.1) is 0 Å². The lowest BCUT2D eigenvalue weighted by molar-refractivity contribution is -0.0597. The van der Waals surface area contributed by atoms with Crippen molar-refractivity contribution in [2.45, 2.75) is 19.5 Å². The smallest absolute Gasteiger partial charge is 0.437 e. The van der Waals surface area contributed by atoms with Gasteiger partial charge in [0, 0.05) is 5.56 Å². The van der Waals surface area contributed by atoms with Gasteiger partial charge in [-0.05, 0) is 37.6 Å². The second kappa shape index (κ2) is 8.00. The Morgan fingerprint density at radius 3 is 2.39 bits per heavy atom. The minimum Gasteiger partial charge on any atom is -0.494 e. The van der Waals surface area contributed by atoms with E-state index in [9.17, 15) is 21.6 Å². The van der Waals surface area contributed by atoms with Gasteiger partial charge in [-0.2, -0.15) is 21.6 Å². The molecule has 5 nitrogen and oxygen atoms in total. The summed E-state index contributed by atoms with van der Waals surface area (Å²) in [6, 6.07) is 4.90. The zero-order chi connectivity index (χ0) is 17.5. The Balaban J connectivity index is 3.05. The molecule has 0 heterocycles. The van der Waals surface area contributed by atoms with Crippen LogP contribution in [0.15, 0.2) is 42.1 Å². The van der Waals surface area contributed by atoms with Gasteiger partial charge < -0.3 is 4.74 Å². The van der Waals surface area contributed by atoms with E-state index < -0.39 is 27.8 Å². The van der Waals surface area contributed by atoms with E-state index >= 15 is 0 Å². The number of allylic oxidation sites excluding steroid dienone is 1. The van der Waals surface area contributed by atoms with Gasteiger partial charge in [-0.3, -0.25) is 4.28 Å².